The lowest BCUT2D eigenvalue weighted by molar-refractivity contribution is -0.154. The van der Waals surface area contributed by atoms with Crippen molar-refractivity contribution in [2.75, 3.05) is 30.8 Å². The fourth-order valence-corrected chi connectivity index (χ4v) is 4.06. The third kappa shape index (κ3) is 9.15. The van der Waals surface area contributed by atoms with Crippen LogP contribution in [0.2, 0.25) is 5.02 Å². The number of ether oxygens (including phenoxy) is 1. The number of rotatable bonds is 12. The van der Waals surface area contributed by atoms with E-state index >= 15 is 0 Å². The molecule has 238 valence electrons. The molecule has 45 heavy (non-hydrogen) atoms. The van der Waals surface area contributed by atoms with Gasteiger partial charge in [0.1, 0.15) is 6.04 Å². The monoisotopic (exact) mass is 650 g/mol. The summed E-state index contributed by atoms with van der Waals surface area (Å²) in [6, 6.07) is 10.4. The summed E-state index contributed by atoms with van der Waals surface area (Å²) >= 11 is 5.99. The normalized spacial score (nSPS) is 14.0. The van der Waals surface area contributed by atoms with Crippen molar-refractivity contribution >= 4 is 52.9 Å². The lowest BCUT2D eigenvalue weighted by atomic mass is 10.1. The number of carbonyl (C=O) groups excluding carboxylic acids is 3. The number of carbonyl (C=O) groups is 4. The second kappa shape index (κ2) is 13.6. The minimum atomic E-state index is -4.64. The van der Waals surface area contributed by atoms with E-state index in [1.807, 2.05) is 12.1 Å². The van der Waals surface area contributed by atoms with Gasteiger partial charge in [0.2, 0.25) is 11.9 Å². The maximum absolute atomic E-state index is 12.8. The summed E-state index contributed by atoms with van der Waals surface area (Å²) in [6.07, 6.45) is -3.23. The number of aromatic nitrogens is 3. The van der Waals surface area contributed by atoms with Gasteiger partial charge in [0.05, 0.1) is 5.54 Å². The van der Waals surface area contributed by atoms with Crippen LogP contribution in [-0.4, -0.2) is 76.2 Å². The van der Waals surface area contributed by atoms with Gasteiger partial charge in [-0.25, -0.2) is 4.79 Å². The molecular weight excluding hydrogens is 625 g/mol. The third-order valence-electron chi connectivity index (χ3n) is 6.38. The van der Waals surface area contributed by atoms with E-state index in [1.165, 1.54) is 31.3 Å². The maximum Gasteiger partial charge on any atom is 0.422 e. The van der Waals surface area contributed by atoms with Gasteiger partial charge in [-0.15, -0.1) is 0 Å². The fourth-order valence-electron chi connectivity index (χ4n) is 3.94. The highest BCUT2D eigenvalue weighted by atomic mass is 35.5. The standard InChI is InChI=1S/C27H26ClF3N8O6/c1-32-20(41)21(42)33-12-18(22(43)44)35-19(40)14-2-8-17(9-3-14)34-23-36-24(38-25(37-23)45-13-27(29,30)31)39-26(10-11-26)15-4-6-16(28)7-5-15/h2-9,18H,10-13H2,1H3,(H,32,41)(H,33,42)(H,35,40)(H,43,44)(H2,34,36,37,38,39). The first-order valence-electron chi connectivity index (χ1n) is 13.2. The second-order valence-corrected chi connectivity index (χ2v) is 10.2. The quantitative estimate of drug-likeness (QED) is 0.157. The molecule has 4 rings (SSSR count). The molecule has 0 aliphatic heterocycles. The molecule has 1 unspecified atom stereocenters. The predicted octanol–water partition coefficient (Wildman–Crippen LogP) is 2.36. The molecule has 18 heteroatoms. The number of amides is 3. The molecule has 1 heterocycles. The summed E-state index contributed by atoms with van der Waals surface area (Å²) in [5, 5.41) is 22.3. The van der Waals surface area contributed by atoms with Crippen molar-refractivity contribution < 1.29 is 42.2 Å². The lowest BCUT2D eigenvalue weighted by Crippen LogP contribution is -2.50. The Labute approximate surface area is 258 Å². The Morgan fingerprint density at radius 3 is 2.20 bits per heavy atom. The van der Waals surface area contributed by atoms with Crippen LogP contribution >= 0.6 is 11.6 Å². The molecule has 3 amide bonds. The average molecular weight is 651 g/mol. The number of hydrogen-bond acceptors (Lipinski definition) is 10. The van der Waals surface area contributed by atoms with E-state index in [1.54, 1.807) is 12.1 Å². The number of aliphatic carboxylic acids is 1. The highest BCUT2D eigenvalue weighted by molar-refractivity contribution is 6.35. The topological polar surface area (TPSA) is 197 Å². The van der Waals surface area contributed by atoms with Crippen molar-refractivity contribution in [1.29, 1.82) is 0 Å². The molecule has 1 aliphatic carbocycles. The summed E-state index contributed by atoms with van der Waals surface area (Å²) in [6.45, 7) is -2.18. The zero-order valence-electron chi connectivity index (χ0n) is 23.4. The van der Waals surface area contributed by atoms with E-state index in [0.29, 0.717) is 23.6 Å². The van der Waals surface area contributed by atoms with Crippen molar-refractivity contribution in [3.8, 4) is 6.01 Å². The van der Waals surface area contributed by atoms with Crippen molar-refractivity contribution in [3.05, 3.63) is 64.7 Å². The highest BCUT2D eigenvalue weighted by Gasteiger charge is 2.45. The van der Waals surface area contributed by atoms with Crippen LogP contribution in [0, 0.1) is 0 Å². The molecular formula is C27H26ClF3N8O6. The molecule has 0 radical (unpaired) electrons. The number of anilines is 3. The van der Waals surface area contributed by atoms with E-state index in [4.69, 9.17) is 16.3 Å². The Bertz CT molecular complexity index is 1570. The Morgan fingerprint density at radius 1 is 0.978 bits per heavy atom. The smallest absolute Gasteiger partial charge is 0.422 e. The van der Waals surface area contributed by atoms with Crippen LogP contribution < -0.4 is 31.3 Å². The summed E-state index contributed by atoms with van der Waals surface area (Å²) in [5.41, 5.74) is 0.679. The van der Waals surface area contributed by atoms with Crippen LogP contribution in [0.5, 0.6) is 6.01 Å². The van der Waals surface area contributed by atoms with Crippen LogP contribution in [0.25, 0.3) is 0 Å². The van der Waals surface area contributed by atoms with Crippen LogP contribution in [0.4, 0.5) is 30.8 Å². The van der Waals surface area contributed by atoms with Gasteiger partial charge in [0.15, 0.2) is 6.61 Å². The number of benzene rings is 2. The van der Waals surface area contributed by atoms with E-state index in [0.717, 1.165) is 5.56 Å². The van der Waals surface area contributed by atoms with E-state index in [2.05, 4.69) is 41.5 Å². The number of likely N-dealkylation sites (N-methyl/N-ethyl adjacent to an activating group) is 1. The molecule has 14 nitrogen and oxygen atoms in total. The Kier molecular flexibility index (Phi) is 9.91. The Hall–Kier alpha value is -5.19. The predicted molar refractivity (Wildman–Crippen MR) is 153 cm³/mol. The first kappa shape index (κ1) is 32.7. The number of hydrogen-bond donors (Lipinski definition) is 6. The Morgan fingerprint density at radius 2 is 1.62 bits per heavy atom. The first-order valence-corrected chi connectivity index (χ1v) is 13.6. The molecule has 1 fully saturated rings. The number of carboxylic acids is 1. The molecule has 0 bridgehead atoms. The molecule has 2 aromatic carbocycles. The molecule has 1 aliphatic rings. The SMILES string of the molecule is CNC(=O)C(=O)NCC(NC(=O)c1ccc(Nc2nc(NC3(c4ccc(Cl)cc4)CC3)nc(OCC(F)(F)F)n2)cc1)C(=O)O. The van der Waals surface area contributed by atoms with Gasteiger partial charge in [-0.3, -0.25) is 14.4 Å². The molecule has 3 aromatic rings. The van der Waals surface area contributed by atoms with Crippen molar-refractivity contribution in [2.45, 2.75) is 30.6 Å². The van der Waals surface area contributed by atoms with Crippen LogP contribution in [-0.2, 0) is 19.9 Å². The zero-order valence-corrected chi connectivity index (χ0v) is 24.1. The number of nitrogens with one attached hydrogen (secondary N) is 5. The van der Waals surface area contributed by atoms with Gasteiger partial charge in [-0.1, -0.05) is 23.7 Å². The third-order valence-corrected chi connectivity index (χ3v) is 6.64. The van der Waals surface area contributed by atoms with Gasteiger partial charge < -0.3 is 36.4 Å². The fraction of sp³-hybridized carbons (Fsp3) is 0.296. The van der Waals surface area contributed by atoms with E-state index in [-0.39, 0.29) is 17.5 Å². The average Bonchev–Trinajstić information content (AvgIpc) is 3.77. The van der Waals surface area contributed by atoms with E-state index < -0.39 is 60.6 Å². The summed E-state index contributed by atoms with van der Waals surface area (Å²) < 4.78 is 43.3. The summed E-state index contributed by atoms with van der Waals surface area (Å²) in [4.78, 5) is 59.3. The molecule has 6 N–H and O–H groups in total. The molecule has 1 aromatic heterocycles. The van der Waals surface area contributed by atoms with Crippen LogP contribution in [0.1, 0.15) is 28.8 Å². The van der Waals surface area contributed by atoms with Gasteiger partial charge in [-0.05, 0) is 54.8 Å². The number of halogens is 4. The highest BCUT2D eigenvalue weighted by Crippen LogP contribution is 2.48. The molecule has 1 atom stereocenters. The van der Waals surface area contributed by atoms with Gasteiger partial charge >= 0.3 is 30.0 Å². The second-order valence-electron chi connectivity index (χ2n) is 9.74. The van der Waals surface area contributed by atoms with Gasteiger partial charge in [0.25, 0.3) is 5.91 Å². The van der Waals surface area contributed by atoms with Crippen molar-refractivity contribution in [2.24, 2.45) is 0 Å². The van der Waals surface area contributed by atoms with Gasteiger partial charge in [0, 0.05) is 29.9 Å². The maximum atomic E-state index is 12.8. The van der Waals surface area contributed by atoms with Gasteiger partial charge in [-0.2, -0.15) is 28.1 Å². The first-order chi connectivity index (χ1) is 21.3. The van der Waals surface area contributed by atoms with Crippen molar-refractivity contribution in [3.63, 3.8) is 0 Å². The number of nitrogens with zero attached hydrogens (tertiary/aromatic N) is 3. The molecule has 0 saturated heterocycles. The Balaban J connectivity index is 1.47. The van der Waals surface area contributed by atoms with Crippen molar-refractivity contribution in [1.82, 2.24) is 30.9 Å². The molecule has 0 spiro atoms. The minimum absolute atomic E-state index is 0.0373. The zero-order chi connectivity index (χ0) is 32.8. The summed E-state index contributed by atoms with van der Waals surface area (Å²) in [5.74, 6) is -4.51. The van der Waals surface area contributed by atoms with Crippen LogP contribution in [0.15, 0.2) is 48.5 Å². The number of carboxylic acid groups (broad SMARTS) is 1. The van der Waals surface area contributed by atoms with E-state index in [9.17, 15) is 37.5 Å². The summed E-state index contributed by atoms with van der Waals surface area (Å²) in [7, 11) is 1.22. The lowest BCUT2D eigenvalue weighted by Gasteiger charge is -2.19. The minimum Gasteiger partial charge on any atom is -0.480 e. The largest absolute Gasteiger partial charge is 0.480 e. The molecule has 1 saturated carbocycles. The number of alkyl halides is 3. The van der Waals surface area contributed by atoms with Crippen LogP contribution in [0.3, 0.4) is 0 Å².